The van der Waals surface area contributed by atoms with Crippen LogP contribution in [0.5, 0.6) is 0 Å². The molecule has 8 nitrogen and oxygen atoms in total. The van der Waals surface area contributed by atoms with Crippen molar-refractivity contribution < 1.29 is 0 Å². The lowest BCUT2D eigenvalue weighted by Gasteiger charge is -2.12. The van der Waals surface area contributed by atoms with Crippen LogP contribution >= 0.6 is 0 Å². The molecule has 18 aromatic carbocycles. The number of benzene rings is 18. The Labute approximate surface area is 704 Å². The predicted octanol–water partition coefficient (Wildman–Crippen LogP) is 29.6. The molecule has 24 rings (SSSR count). The fourth-order valence-electron chi connectivity index (χ4n) is 18.7. The summed E-state index contributed by atoms with van der Waals surface area (Å²) in [4.78, 5) is 20.4. The van der Waals surface area contributed by atoms with Gasteiger partial charge in [0.05, 0.1) is 66.6 Å². The Balaban J connectivity index is 0.000000142. The zero-order valence-electron chi connectivity index (χ0n) is 67.0. The van der Waals surface area contributed by atoms with Crippen LogP contribution in [0.25, 0.3) is 222 Å². The SMILES string of the molecule is Cc1cc(C)cc(-n2c3ccccc3c3cc(-c4ccc(-c5ccc6c(c5)c5ccccc5n6-c5ccc(-c6nc(-c7ccccc7)c7ccccc7n6)cc5)cc4)ccc32)c1.c1ccc(-c2nc(-c3cccc(-n4c5ccccc5c5cc(-c6ccc(-c7ccc8c(c7)c7ccccc7n8-c7ccccc7)cc6)ccc54)c3)nc3ccccc23)cc1. The van der Waals surface area contributed by atoms with Gasteiger partial charge in [0.1, 0.15) is 0 Å². The first-order valence-electron chi connectivity index (χ1n) is 41.6. The minimum atomic E-state index is 0.708. The van der Waals surface area contributed by atoms with E-state index in [0.29, 0.717) is 11.6 Å². The van der Waals surface area contributed by atoms with Gasteiger partial charge in [-0.3, -0.25) is 0 Å². The maximum absolute atomic E-state index is 5.18. The Morgan fingerprint density at radius 1 is 0.156 bits per heavy atom. The molecule has 0 aliphatic heterocycles. The van der Waals surface area contributed by atoms with Crippen LogP contribution in [0, 0.1) is 13.8 Å². The van der Waals surface area contributed by atoms with Crippen LogP contribution in [-0.2, 0) is 0 Å². The molecular weight excluding hydrogens is 1480 g/mol. The summed E-state index contributed by atoms with van der Waals surface area (Å²) in [5.74, 6) is 1.42. The third-order valence-corrected chi connectivity index (χ3v) is 24.3. The summed E-state index contributed by atoms with van der Waals surface area (Å²) < 4.78 is 9.50. The van der Waals surface area contributed by atoms with Gasteiger partial charge in [0.15, 0.2) is 11.6 Å². The summed E-state index contributed by atoms with van der Waals surface area (Å²) in [6.45, 7) is 4.35. The van der Waals surface area contributed by atoms with Gasteiger partial charge in [-0.15, -0.1) is 0 Å². The molecule has 572 valence electrons. The molecule has 0 amide bonds. The molecule has 122 heavy (non-hydrogen) atoms. The second-order valence-corrected chi connectivity index (χ2v) is 31.8. The normalized spacial score (nSPS) is 11.7. The van der Waals surface area contributed by atoms with Crippen molar-refractivity contribution in [2.45, 2.75) is 13.8 Å². The first-order chi connectivity index (χ1) is 60.3. The molecule has 24 aromatic rings. The average Bonchev–Trinajstić information content (AvgIpc) is 1.57. The molecule has 0 fully saturated rings. The average molecular weight is 1560 g/mol. The van der Waals surface area contributed by atoms with Crippen molar-refractivity contribution in [3.8, 4) is 113 Å². The van der Waals surface area contributed by atoms with Gasteiger partial charge in [-0.05, 0) is 215 Å². The van der Waals surface area contributed by atoms with E-state index in [1.807, 2.05) is 30.3 Å². The van der Waals surface area contributed by atoms with Crippen molar-refractivity contribution in [2.24, 2.45) is 0 Å². The molecule has 0 radical (unpaired) electrons. The van der Waals surface area contributed by atoms with Crippen molar-refractivity contribution >= 4 is 109 Å². The molecule has 0 unspecified atom stereocenters. The van der Waals surface area contributed by atoms with Gasteiger partial charge < -0.3 is 18.3 Å². The van der Waals surface area contributed by atoms with E-state index in [9.17, 15) is 0 Å². The molecule has 0 saturated carbocycles. The highest BCUT2D eigenvalue weighted by atomic mass is 15.0. The van der Waals surface area contributed by atoms with Crippen LogP contribution in [0.3, 0.4) is 0 Å². The van der Waals surface area contributed by atoms with Crippen molar-refractivity contribution in [1.29, 1.82) is 0 Å². The van der Waals surface area contributed by atoms with E-state index in [4.69, 9.17) is 19.9 Å². The molecule has 0 bridgehead atoms. The minimum absolute atomic E-state index is 0.708. The minimum Gasteiger partial charge on any atom is -0.309 e. The highest BCUT2D eigenvalue weighted by molar-refractivity contribution is 6.14. The van der Waals surface area contributed by atoms with Gasteiger partial charge in [0.25, 0.3) is 0 Å². The summed E-state index contributed by atoms with van der Waals surface area (Å²) >= 11 is 0. The van der Waals surface area contributed by atoms with Gasteiger partial charge >= 0.3 is 0 Å². The molecule has 6 heterocycles. The molecule has 8 heteroatoms. The number of hydrogen-bond donors (Lipinski definition) is 0. The Bertz CT molecular complexity index is 8220. The predicted molar refractivity (Wildman–Crippen MR) is 509 cm³/mol. The third kappa shape index (κ3) is 12.4. The maximum Gasteiger partial charge on any atom is 0.160 e. The van der Waals surface area contributed by atoms with Crippen LogP contribution in [0.2, 0.25) is 0 Å². The van der Waals surface area contributed by atoms with Gasteiger partial charge in [-0.2, -0.15) is 0 Å². The number of rotatable bonds is 12. The fourth-order valence-corrected chi connectivity index (χ4v) is 18.7. The van der Waals surface area contributed by atoms with E-state index in [2.05, 4.69) is 426 Å². The fraction of sp³-hybridized carbons (Fsp3) is 0.0175. The van der Waals surface area contributed by atoms with E-state index in [0.717, 1.165) is 77.9 Å². The lowest BCUT2D eigenvalue weighted by molar-refractivity contribution is 1.16. The maximum atomic E-state index is 5.18. The topological polar surface area (TPSA) is 71.3 Å². The Morgan fingerprint density at radius 3 is 0.828 bits per heavy atom. The van der Waals surface area contributed by atoms with Gasteiger partial charge in [-0.25, -0.2) is 19.9 Å². The van der Waals surface area contributed by atoms with E-state index >= 15 is 0 Å². The first-order valence-corrected chi connectivity index (χ1v) is 41.6. The monoisotopic (exact) mass is 1560 g/mol. The summed E-state index contributed by atoms with van der Waals surface area (Å²) in [7, 11) is 0. The Morgan fingerprint density at radius 2 is 0.434 bits per heavy atom. The van der Waals surface area contributed by atoms with Crippen molar-refractivity contribution in [1.82, 2.24) is 38.2 Å². The second kappa shape index (κ2) is 29.5. The Hall–Kier alpha value is -16.2. The van der Waals surface area contributed by atoms with E-state index in [1.54, 1.807) is 0 Å². The third-order valence-electron chi connectivity index (χ3n) is 24.3. The smallest absolute Gasteiger partial charge is 0.160 e. The first kappa shape index (κ1) is 71.2. The highest BCUT2D eigenvalue weighted by Gasteiger charge is 2.22. The highest BCUT2D eigenvalue weighted by Crippen LogP contribution is 2.43. The molecule has 0 saturated heterocycles. The van der Waals surface area contributed by atoms with E-state index < -0.39 is 0 Å². The van der Waals surface area contributed by atoms with Crippen LogP contribution in [0.15, 0.2) is 425 Å². The number of fused-ring (bicyclic) bond motifs is 14. The summed E-state index contributed by atoms with van der Waals surface area (Å²) in [6, 6.07) is 152. The Kier molecular flexibility index (Phi) is 17.2. The lowest BCUT2D eigenvalue weighted by atomic mass is 9.98. The number of hydrogen-bond acceptors (Lipinski definition) is 4. The number of aryl methyl sites for hydroxylation is 2. The molecule has 0 atom stereocenters. The standard InChI is InChI=1S/C58H40N4.C56H36N4/c1-37-32-38(2)34-46(33-37)62-54-19-11-8-15-48(54)51-36-44(27-31-56(51)62)40-22-20-39(21-23-40)43-26-30-55-50(35-43)47-14-7-10-18-53(47)61(55)45-28-24-42(25-29-45)58-59-52-17-9-6-16-49(52)57(60-58)41-12-4-3-5-13-41;1-3-14-39(15-4-1)55-47-22-7-10-23-50(47)57-56(58-55)42-16-13-19-44(34-42)60-52-25-12-9-21-46(52)49-36-41(31-33-54(49)60)38-28-26-37(27-29-38)40-30-32-53-48(35-40)45-20-8-11-24-51(45)59(53)43-17-5-2-6-18-43/h3-36H,1-2H3;1-36H. The number of aromatic nitrogens is 8. The molecule has 0 aliphatic rings. The van der Waals surface area contributed by atoms with Gasteiger partial charge in [0.2, 0.25) is 0 Å². The van der Waals surface area contributed by atoms with Crippen LogP contribution in [0.1, 0.15) is 11.1 Å². The van der Waals surface area contributed by atoms with Crippen LogP contribution < -0.4 is 0 Å². The lowest BCUT2D eigenvalue weighted by Crippen LogP contribution is -1.97. The van der Waals surface area contributed by atoms with Crippen molar-refractivity contribution in [3.63, 3.8) is 0 Å². The zero-order chi connectivity index (χ0) is 80.9. The zero-order valence-corrected chi connectivity index (χ0v) is 67.0. The number of para-hydroxylation sites is 7. The summed E-state index contributed by atoms with van der Waals surface area (Å²) in [5.41, 5.74) is 34.0. The second-order valence-electron chi connectivity index (χ2n) is 31.8. The molecule has 0 spiro atoms. The van der Waals surface area contributed by atoms with Crippen LogP contribution in [-0.4, -0.2) is 38.2 Å². The molecule has 0 N–H and O–H groups in total. The largest absolute Gasteiger partial charge is 0.309 e. The van der Waals surface area contributed by atoms with Crippen molar-refractivity contribution in [3.05, 3.63) is 436 Å². The number of nitrogens with zero attached hydrogens (tertiary/aromatic N) is 8. The van der Waals surface area contributed by atoms with Crippen LogP contribution in [0.4, 0.5) is 0 Å². The summed E-state index contributed by atoms with van der Waals surface area (Å²) in [5, 5.41) is 12.0. The summed E-state index contributed by atoms with van der Waals surface area (Å²) in [6.07, 6.45) is 0. The van der Waals surface area contributed by atoms with E-state index in [1.165, 1.54) is 143 Å². The van der Waals surface area contributed by atoms with Gasteiger partial charge in [0, 0.05) is 98.9 Å². The quantitative estimate of drug-likeness (QED) is 0.122. The van der Waals surface area contributed by atoms with Gasteiger partial charge in [-0.1, -0.05) is 279 Å². The molecule has 6 aromatic heterocycles. The van der Waals surface area contributed by atoms with E-state index in [-0.39, 0.29) is 0 Å². The van der Waals surface area contributed by atoms with Crippen molar-refractivity contribution in [2.75, 3.05) is 0 Å². The molecule has 0 aliphatic carbocycles. The molecular formula is C114H76N8.